The first-order valence-corrected chi connectivity index (χ1v) is 7.02. The molecule has 0 heterocycles. The molecular formula is C17H11BrO2. The summed E-state index contributed by atoms with van der Waals surface area (Å²) in [6, 6.07) is 13.3. The van der Waals surface area contributed by atoms with Crippen LogP contribution in [0.3, 0.4) is 0 Å². The van der Waals surface area contributed by atoms with Gasteiger partial charge in [-0.1, -0.05) is 40.2 Å². The van der Waals surface area contributed by atoms with E-state index in [0.29, 0.717) is 11.1 Å². The van der Waals surface area contributed by atoms with Crippen molar-refractivity contribution in [2.24, 2.45) is 0 Å². The Kier molecular flexibility index (Phi) is 3.14. The van der Waals surface area contributed by atoms with Crippen LogP contribution in [-0.2, 0) is 0 Å². The molecule has 3 aromatic carbocycles. The third-order valence-corrected chi connectivity index (χ3v) is 3.97. The molecule has 0 amide bonds. The van der Waals surface area contributed by atoms with Crippen LogP contribution in [0, 0.1) is 0 Å². The highest BCUT2D eigenvalue weighted by molar-refractivity contribution is 9.10. The van der Waals surface area contributed by atoms with Crippen molar-refractivity contribution >= 4 is 49.5 Å². The lowest BCUT2D eigenvalue weighted by molar-refractivity contribution is 0.101. The minimum atomic E-state index is -0.0332. The van der Waals surface area contributed by atoms with E-state index in [4.69, 9.17) is 0 Å². The van der Waals surface area contributed by atoms with E-state index in [1.54, 1.807) is 6.07 Å². The van der Waals surface area contributed by atoms with Gasteiger partial charge in [0.05, 0.1) is 0 Å². The summed E-state index contributed by atoms with van der Waals surface area (Å²) in [5.74, 6) is -0.0332. The largest absolute Gasteiger partial charge is 0.298 e. The summed E-state index contributed by atoms with van der Waals surface area (Å²) in [4.78, 5) is 23.2. The van der Waals surface area contributed by atoms with Gasteiger partial charge in [-0.2, -0.15) is 0 Å². The summed E-state index contributed by atoms with van der Waals surface area (Å²) < 4.78 is 0.971. The fourth-order valence-electron chi connectivity index (χ4n) is 2.59. The number of ketones is 1. The van der Waals surface area contributed by atoms with E-state index in [-0.39, 0.29) is 5.78 Å². The Morgan fingerprint density at radius 1 is 1.10 bits per heavy atom. The summed E-state index contributed by atoms with van der Waals surface area (Å²) in [6.45, 7) is 1.53. The van der Waals surface area contributed by atoms with Gasteiger partial charge >= 0.3 is 0 Å². The van der Waals surface area contributed by atoms with Crippen LogP contribution < -0.4 is 0 Å². The van der Waals surface area contributed by atoms with Gasteiger partial charge in [-0.15, -0.1) is 0 Å². The van der Waals surface area contributed by atoms with E-state index in [1.165, 1.54) is 6.92 Å². The monoisotopic (exact) mass is 326 g/mol. The lowest BCUT2D eigenvalue weighted by Gasteiger charge is -2.10. The molecule has 3 rings (SSSR count). The predicted molar refractivity (Wildman–Crippen MR) is 84.5 cm³/mol. The van der Waals surface area contributed by atoms with E-state index in [1.807, 2.05) is 36.4 Å². The molecule has 0 atom stereocenters. The maximum absolute atomic E-state index is 11.9. The van der Waals surface area contributed by atoms with E-state index >= 15 is 0 Å². The zero-order valence-electron chi connectivity index (χ0n) is 10.8. The van der Waals surface area contributed by atoms with Gasteiger partial charge in [-0.05, 0) is 41.3 Å². The first kappa shape index (κ1) is 13.0. The number of rotatable bonds is 2. The van der Waals surface area contributed by atoms with Gasteiger partial charge in [0, 0.05) is 21.0 Å². The average Bonchev–Trinajstić information content (AvgIpc) is 2.45. The number of hydrogen-bond donors (Lipinski definition) is 0. The lowest BCUT2D eigenvalue weighted by atomic mass is 9.93. The Bertz CT molecular complexity index is 866. The first-order valence-electron chi connectivity index (χ1n) is 6.23. The molecule has 0 spiro atoms. The van der Waals surface area contributed by atoms with Crippen molar-refractivity contribution in [3.8, 4) is 0 Å². The van der Waals surface area contributed by atoms with Crippen molar-refractivity contribution in [2.45, 2.75) is 6.92 Å². The molecule has 0 bridgehead atoms. The number of fused-ring (bicyclic) bond motifs is 3. The topological polar surface area (TPSA) is 34.1 Å². The van der Waals surface area contributed by atoms with Crippen LogP contribution in [-0.4, -0.2) is 12.1 Å². The van der Waals surface area contributed by atoms with Gasteiger partial charge in [0.25, 0.3) is 0 Å². The van der Waals surface area contributed by atoms with E-state index in [9.17, 15) is 9.59 Å². The van der Waals surface area contributed by atoms with Crippen LogP contribution in [0.4, 0.5) is 0 Å². The highest BCUT2D eigenvalue weighted by Crippen LogP contribution is 2.32. The maximum Gasteiger partial charge on any atom is 0.160 e. The molecule has 0 radical (unpaired) electrons. The van der Waals surface area contributed by atoms with E-state index < -0.39 is 0 Å². The number of carbonyl (C=O) groups excluding carboxylic acids is 2. The third-order valence-electron chi connectivity index (χ3n) is 3.48. The summed E-state index contributed by atoms with van der Waals surface area (Å²) in [6.07, 6.45) is 0.804. The standard InChI is InChI=1S/C17H11BrO2/c1-10(20)15-7-11-5-6-13(18)8-16(11)14-4-2-3-12(9-19)17(14)15/h2-9H,1H3. The van der Waals surface area contributed by atoms with Gasteiger partial charge in [-0.3, -0.25) is 9.59 Å². The second-order valence-electron chi connectivity index (χ2n) is 4.73. The number of carbonyl (C=O) groups is 2. The molecule has 0 fully saturated rings. The molecule has 0 saturated carbocycles. The van der Waals surface area contributed by atoms with Crippen LogP contribution in [0.1, 0.15) is 27.6 Å². The van der Waals surface area contributed by atoms with Crippen LogP contribution in [0.25, 0.3) is 21.5 Å². The molecular weight excluding hydrogens is 316 g/mol. The predicted octanol–water partition coefficient (Wildman–Crippen LogP) is 4.77. The van der Waals surface area contributed by atoms with Crippen molar-refractivity contribution < 1.29 is 9.59 Å². The second-order valence-corrected chi connectivity index (χ2v) is 5.65. The Morgan fingerprint density at radius 2 is 1.90 bits per heavy atom. The number of aldehydes is 1. The molecule has 98 valence electrons. The molecule has 0 aromatic heterocycles. The lowest BCUT2D eigenvalue weighted by Crippen LogP contribution is -1.97. The molecule has 2 nitrogen and oxygen atoms in total. The Labute approximate surface area is 124 Å². The van der Waals surface area contributed by atoms with Crippen LogP contribution in [0.5, 0.6) is 0 Å². The molecule has 3 heteroatoms. The zero-order valence-corrected chi connectivity index (χ0v) is 12.4. The van der Waals surface area contributed by atoms with Gasteiger partial charge in [0.2, 0.25) is 0 Å². The molecule has 20 heavy (non-hydrogen) atoms. The van der Waals surface area contributed by atoms with Crippen molar-refractivity contribution in [1.82, 2.24) is 0 Å². The van der Waals surface area contributed by atoms with Crippen molar-refractivity contribution in [3.05, 3.63) is 58.1 Å². The normalized spacial score (nSPS) is 10.9. The molecule has 0 N–H and O–H groups in total. The smallest absolute Gasteiger partial charge is 0.160 e. The molecule has 0 aliphatic heterocycles. The third kappa shape index (κ3) is 1.95. The van der Waals surface area contributed by atoms with Crippen LogP contribution in [0.2, 0.25) is 0 Å². The van der Waals surface area contributed by atoms with E-state index in [0.717, 1.165) is 32.3 Å². The van der Waals surface area contributed by atoms with Crippen molar-refractivity contribution in [1.29, 1.82) is 0 Å². The van der Waals surface area contributed by atoms with Crippen molar-refractivity contribution in [2.75, 3.05) is 0 Å². The van der Waals surface area contributed by atoms with Gasteiger partial charge in [-0.25, -0.2) is 0 Å². The molecule has 0 aliphatic carbocycles. The minimum Gasteiger partial charge on any atom is -0.298 e. The number of hydrogen-bond acceptors (Lipinski definition) is 2. The van der Waals surface area contributed by atoms with Crippen LogP contribution in [0.15, 0.2) is 46.9 Å². The van der Waals surface area contributed by atoms with Crippen molar-refractivity contribution in [3.63, 3.8) is 0 Å². The quantitative estimate of drug-likeness (QED) is 0.386. The summed E-state index contributed by atoms with van der Waals surface area (Å²) in [5.41, 5.74) is 1.15. The number of benzene rings is 3. The average molecular weight is 327 g/mol. The molecule has 3 aromatic rings. The fraction of sp³-hybridized carbons (Fsp3) is 0.0588. The molecule has 0 unspecified atom stereocenters. The summed E-state index contributed by atoms with van der Waals surface area (Å²) >= 11 is 3.46. The van der Waals surface area contributed by atoms with E-state index in [2.05, 4.69) is 15.9 Å². The van der Waals surface area contributed by atoms with Gasteiger partial charge in [0.1, 0.15) is 0 Å². The Hall–Kier alpha value is -2.00. The first-order chi connectivity index (χ1) is 9.61. The number of halogens is 1. The summed E-state index contributed by atoms with van der Waals surface area (Å²) in [5, 5.41) is 3.69. The summed E-state index contributed by atoms with van der Waals surface area (Å²) in [7, 11) is 0. The van der Waals surface area contributed by atoms with Gasteiger partial charge < -0.3 is 0 Å². The van der Waals surface area contributed by atoms with Crippen LogP contribution >= 0.6 is 15.9 Å². The highest BCUT2D eigenvalue weighted by atomic mass is 79.9. The number of Topliss-reactive ketones (excluding diaryl/α,β-unsaturated/α-hetero) is 1. The van der Waals surface area contributed by atoms with Gasteiger partial charge in [0.15, 0.2) is 12.1 Å². The zero-order chi connectivity index (χ0) is 14.3. The Balaban J connectivity index is 2.62. The highest BCUT2D eigenvalue weighted by Gasteiger charge is 2.13. The fourth-order valence-corrected chi connectivity index (χ4v) is 2.95. The SMILES string of the molecule is CC(=O)c1cc2ccc(Br)cc2c2cccc(C=O)c12. The molecule has 0 saturated heterocycles. The molecule has 0 aliphatic rings. The minimum absolute atomic E-state index is 0.0332. The second kappa shape index (κ2) is 4.84. The maximum atomic E-state index is 11.9. The Morgan fingerprint density at radius 3 is 2.60 bits per heavy atom.